The Morgan fingerprint density at radius 3 is 3.14 bits per heavy atom. The van der Waals surface area contributed by atoms with Crippen molar-refractivity contribution in [1.29, 1.82) is 0 Å². The molecule has 114 valence electrons. The quantitative estimate of drug-likeness (QED) is 0.861. The minimum Gasteiger partial charge on any atom is -0.385 e. The van der Waals surface area contributed by atoms with Gasteiger partial charge in [-0.3, -0.25) is 0 Å². The first-order chi connectivity index (χ1) is 10.3. The Morgan fingerprint density at radius 1 is 1.48 bits per heavy atom. The van der Waals surface area contributed by atoms with E-state index in [4.69, 9.17) is 9.72 Å². The normalized spacial score (nSPS) is 19.2. The Hall–Kier alpha value is -1.46. The molecule has 4 nitrogen and oxygen atoms in total. The number of imidazole rings is 1. The summed E-state index contributed by atoms with van der Waals surface area (Å²) in [6.07, 6.45) is 3.25. The van der Waals surface area contributed by atoms with E-state index in [-0.39, 0.29) is 5.82 Å². The number of aryl methyl sites for hydroxylation is 1. The average molecular weight is 291 g/mol. The van der Waals surface area contributed by atoms with Crippen LogP contribution >= 0.6 is 0 Å². The molecule has 2 heterocycles. The van der Waals surface area contributed by atoms with Crippen LogP contribution in [0.25, 0.3) is 11.0 Å². The van der Waals surface area contributed by atoms with Crippen molar-refractivity contribution < 1.29 is 9.13 Å². The smallest absolute Gasteiger partial charge is 0.125 e. The van der Waals surface area contributed by atoms with E-state index in [1.165, 1.54) is 18.6 Å². The zero-order valence-electron chi connectivity index (χ0n) is 12.4. The molecule has 1 aliphatic rings. The van der Waals surface area contributed by atoms with Gasteiger partial charge in [0.25, 0.3) is 0 Å². The van der Waals surface area contributed by atoms with E-state index < -0.39 is 0 Å². The fourth-order valence-corrected chi connectivity index (χ4v) is 3.11. The highest BCUT2D eigenvalue weighted by atomic mass is 19.1. The van der Waals surface area contributed by atoms with E-state index in [1.807, 2.05) is 6.07 Å². The molecule has 1 saturated heterocycles. The molecule has 0 saturated carbocycles. The lowest BCUT2D eigenvalue weighted by Gasteiger charge is -2.23. The molecule has 0 aliphatic carbocycles. The lowest BCUT2D eigenvalue weighted by Crippen LogP contribution is -2.30. The second-order valence-electron chi connectivity index (χ2n) is 5.64. The van der Waals surface area contributed by atoms with Crippen molar-refractivity contribution in [2.75, 3.05) is 26.8 Å². The third kappa shape index (κ3) is 3.09. The number of methoxy groups -OCH3 is 1. The Morgan fingerprint density at radius 2 is 2.38 bits per heavy atom. The molecule has 1 aliphatic heterocycles. The highest BCUT2D eigenvalue weighted by Crippen LogP contribution is 2.27. The monoisotopic (exact) mass is 291 g/mol. The molecule has 1 atom stereocenters. The second-order valence-corrected chi connectivity index (χ2v) is 5.64. The Bertz CT molecular complexity index is 605. The van der Waals surface area contributed by atoms with E-state index in [0.29, 0.717) is 5.92 Å². The van der Waals surface area contributed by atoms with Gasteiger partial charge in [0.1, 0.15) is 11.6 Å². The summed E-state index contributed by atoms with van der Waals surface area (Å²) in [6.45, 7) is 3.62. The van der Waals surface area contributed by atoms with Crippen LogP contribution in [0.1, 0.15) is 31.0 Å². The lowest BCUT2D eigenvalue weighted by molar-refractivity contribution is 0.190. The zero-order chi connectivity index (χ0) is 14.7. The molecule has 5 heteroatoms. The van der Waals surface area contributed by atoms with E-state index in [1.54, 1.807) is 7.11 Å². The summed E-state index contributed by atoms with van der Waals surface area (Å²) in [5, 5.41) is 3.43. The molecule has 0 bridgehead atoms. The molecule has 1 aromatic carbocycles. The van der Waals surface area contributed by atoms with Crippen LogP contribution in [0, 0.1) is 5.82 Å². The number of nitrogens with zero attached hydrogens (tertiary/aromatic N) is 2. The predicted octanol–water partition coefficient (Wildman–Crippen LogP) is 2.68. The van der Waals surface area contributed by atoms with Gasteiger partial charge in [0.2, 0.25) is 0 Å². The van der Waals surface area contributed by atoms with Crippen molar-refractivity contribution in [3.05, 3.63) is 29.8 Å². The Kier molecular flexibility index (Phi) is 4.51. The van der Waals surface area contributed by atoms with Gasteiger partial charge in [-0.1, -0.05) is 0 Å². The fraction of sp³-hybridized carbons (Fsp3) is 0.562. The molecule has 0 amide bonds. The number of hydrogen-bond donors (Lipinski definition) is 1. The summed E-state index contributed by atoms with van der Waals surface area (Å²) in [6, 6.07) is 4.88. The first kappa shape index (κ1) is 14.5. The molecule has 1 aromatic heterocycles. The number of halogens is 1. The van der Waals surface area contributed by atoms with Gasteiger partial charge in [-0.05, 0) is 37.9 Å². The van der Waals surface area contributed by atoms with Gasteiger partial charge in [-0.25, -0.2) is 9.37 Å². The van der Waals surface area contributed by atoms with E-state index in [2.05, 4.69) is 9.88 Å². The SMILES string of the molecule is COCCCn1c([C@@H]2CCCNC2)nc2cc(F)ccc21. The maximum absolute atomic E-state index is 13.4. The van der Waals surface area contributed by atoms with Crippen LogP contribution in [-0.2, 0) is 11.3 Å². The molecule has 3 rings (SSSR count). The number of ether oxygens (including phenoxy) is 1. The molecular formula is C16H22FN3O. The number of benzene rings is 1. The average Bonchev–Trinajstić information content (AvgIpc) is 2.86. The molecule has 0 spiro atoms. The molecule has 2 aromatic rings. The van der Waals surface area contributed by atoms with Crippen molar-refractivity contribution in [1.82, 2.24) is 14.9 Å². The maximum Gasteiger partial charge on any atom is 0.125 e. The first-order valence-electron chi connectivity index (χ1n) is 7.65. The zero-order valence-corrected chi connectivity index (χ0v) is 12.4. The minimum atomic E-state index is -0.225. The van der Waals surface area contributed by atoms with Gasteiger partial charge in [0.15, 0.2) is 0 Å². The van der Waals surface area contributed by atoms with Crippen molar-refractivity contribution in [3.8, 4) is 0 Å². The van der Waals surface area contributed by atoms with Gasteiger partial charge in [-0.2, -0.15) is 0 Å². The maximum atomic E-state index is 13.4. The topological polar surface area (TPSA) is 39.1 Å². The summed E-state index contributed by atoms with van der Waals surface area (Å²) >= 11 is 0. The summed E-state index contributed by atoms with van der Waals surface area (Å²) in [7, 11) is 1.72. The first-order valence-corrected chi connectivity index (χ1v) is 7.65. The molecule has 0 unspecified atom stereocenters. The predicted molar refractivity (Wildman–Crippen MR) is 81.0 cm³/mol. The number of piperidine rings is 1. The highest BCUT2D eigenvalue weighted by Gasteiger charge is 2.22. The van der Waals surface area contributed by atoms with Crippen LogP contribution in [0.3, 0.4) is 0 Å². The van der Waals surface area contributed by atoms with Crippen molar-refractivity contribution in [2.45, 2.75) is 31.7 Å². The largest absolute Gasteiger partial charge is 0.385 e. The Balaban J connectivity index is 1.97. The van der Waals surface area contributed by atoms with Gasteiger partial charge < -0.3 is 14.6 Å². The van der Waals surface area contributed by atoms with Gasteiger partial charge >= 0.3 is 0 Å². The van der Waals surface area contributed by atoms with Gasteiger partial charge in [-0.15, -0.1) is 0 Å². The third-order valence-corrected chi connectivity index (χ3v) is 4.13. The summed E-state index contributed by atoms with van der Waals surface area (Å²) in [4.78, 5) is 4.72. The van der Waals surface area contributed by atoms with Crippen LogP contribution in [0.15, 0.2) is 18.2 Å². The number of hydrogen-bond acceptors (Lipinski definition) is 3. The standard InChI is InChI=1S/C16H22FN3O/c1-21-9-3-8-20-15-6-5-13(17)10-14(15)19-16(20)12-4-2-7-18-11-12/h5-6,10,12,18H,2-4,7-9,11H2,1H3/t12-/m1/s1. The fourth-order valence-electron chi connectivity index (χ4n) is 3.11. The number of rotatable bonds is 5. The molecule has 0 radical (unpaired) electrons. The van der Waals surface area contributed by atoms with E-state index in [0.717, 1.165) is 55.9 Å². The van der Waals surface area contributed by atoms with Gasteiger partial charge in [0.05, 0.1) is 11.0 Å². The van der Waals surface area contributed by atoms with Crippen LogP contribution in [0.2, 0.25) is 0 Å². The van der Waals surface area contributed by atoms with Crippen LogP contribution < -0.4 is 5.32 Å². The number of nitrogens with one attached hydrogen (secondary N) is 1. The van der Waals surface area contributed by atoms with Crippen LogP contribution in [0.5, 0.6) is 0 Å². The van der Waals surface area contributed by atoms with Gasteiger partial charge in [0, 0.05) is 38.8 Å². The Labute approximate surface area is 124 Å². The third-order valence-electron chi connectivity index (χ3n) is 4.13. The van der Waals surface area contributed by atoms with Crippen LogP contribution in [0.4, 0.5) is 4.39 Å². The summed E-state index contributed by atoms with van der Waals surface area (Å²) < 4.78 is 20.8. The second kappa shape index (κ2) is 6.54. The minimum absolute atomic E-state index is 0.225. The number of aromatic nitrogens is 2. The highest BCUT2D eigenvalue weighted by molar-refractivity contribution is 5.76. The van der Waals surface area contributed by atoms with Crippen molar-refractivity contribution >= 4 is 11.0 Å². The summed E-state index contributed by atoms with van der Waals surface area (Å²) in [5.74, 6) is 1.27. The molecule has 1 N–H and O–H groups in total. The molecular weight excluding hydrogens is 269 g/mol. The van der Waals surface area contributed by atoms with Crippen molar-refractivity contribution in [3.63, 3.8) is 0 Å². The summed E-state index contributed by atoms with van der Waals surface area (Å²) in [5.41, 5.74) is 1.78. The number of fused-ring (bicyclic) bond motifs is 1. The van der Waals surface area contributed by atoms with Crippen molar-refractivity contribution in [2.24, 2.45) is 0 Å². The van der Waals surface area contributed by atoms with E-state index >= 15 is 0 Å². The van der Waals surface area contributed by atoms with Crippen LogP contribution in [-0.4, -0.2) is 36.4 Å². The lowest BCUT2D eigenvalue weighted by atomic mass is 9.99. The molecule has 21 heavy (non-hydrogen) atoms. The van der Waals surface area contributed by atoms with E-state index in [9.17, 15) is 4.39 Å². The molecule has 1 fully saturated rings.